The van der Waals surface area contributed by atoms with Gasteiger partial charge >= 0.3 is 12.0 Å². The van der Waals surface area contributed by atoms with Crippen LogP contribution in [-0.4, -0.2) is 23.1 Å². The molecule has 3 N–H and O–H groups in total. The minimum atomic E-state index is -0.991. The molecule has 0 saturated heterocycles. The Balaban J connectivity index is 2.62. The van der Waals surface area contributed by atoms with Crippen molar-refractivity contribution in [1.29, 1.82) is 0 Å². The van der Waals surface area contributed by atoms with Gasteiger partial charge in [-0.3, -0.25) is 4.79 Å². The van der Waals surface area contributed by atoms with Crippen molar-refractivity contribution >= 4 is 17.7 Å². The number of nitrogens with one attached hydrogen (secondary N) is 2. The summed E-state index contributed by atoms with van der Waals surface area (Å²) in [5.74, 6) is -2.14. The van der Waals surface area contributed by atoms with Gasteiger partial charge in [-0.25, -0.2) is 9.18 Å². The number of aliphatic carboxylic acids is 1. The number of benzene rings is 1. The number of halogens is 1. The normalized spacial score (nSPS) is 13.5. The Labute approximate surface area is 110 Å². The predicted octanol–water partition coefficient (Wildman–Crippen LogP) is 2.36. The standard InChI is InChI=1S/C13H17FN2O3/c1-7-4-10(14)6-11(5-7)16-13(19)15-9(3)8(2)12(17)18/h4-6,8-9H,1-3H3,(H,17,18)(H2,15,16,19). The van der Waals surface area contributed by atoms with Gasteiger partial charge in [0, 0.05) is 11.7 Å². The number of anilines is 1. The van der Waals surface area contributed by atoms with E-state index in [4.69, 9.17) is 5.11 Å². The third-order valence-electron chi connectivity index (χ3n) is 2.80. The number of carbonyl (C=O) groups excluding carboxylic acids is 1. The zero-order valence-corrected chi connectivity index (χ0v) is 11.0. The molecule has 0 radical (unpaired) electrons. The van der Waals surface area contributed by atoms with Crippen LogP contribution in [0, 0.1) is 18.7 Å². The number of rotatable bonds is 4. The Hall–Kier alpha value is -2.11. The van der Waals surface area contributed by atoms with E-state index in [1.54, 1.807) is 19.9 Å². The lowest BCUT2D eigenvalue weighted by Gasteiger charge is -2.18. The number of carboxylic acid groups (broad SMARTS) is 1. The van der Waals surface area contributed by atoms with Gasteiger partial charge in [0.15, 0.2) is 0 Å². The fraction of sp³-hybridized carbons (Fsp3) is 0.385. The zero-order valence-electron chi connectivity index (χ0n) is 11.0. The second-order valence-electron chi connectivity index (χ2n) is 4.53. The van der Waals surface area contributed by atoms with Crippen LogP contribution in [0.4, 0.5) is 14.9 Å². The Bertz CT molecular complexity index is 471. The Morgan fingerprint density at radius 2 is 1.89 bits per heavy atom. The smallest absolute Gasteiger partial charge is 0.319 e. The van der Waals surface area contributed by atoms with E-state index in [9.17, 15) is 14.0 Å². The van der Waals surface area contributed by atoms with Crippen LogP contribution >= 0.6 is 0 Å². The predicted molar refractivity (Wildman–Crippen MR) is 69.6 cm³/mol. The van der Waals surface area contributed by atoms with E-state index in [0.29, 0.717) is 11.3 Å². The molecule has 0 aliphatic rings. The molecule has 0 aliphatic carbocycles. The van der Waals surface area contributed by atoms with Crippen molar-refractivity contribution in [2.45, 2.75) is 26.8 Å². The van der Waals surface area contributed by atoms with E-state index in [-0.39, 0.29) is 0 Å². The van der Waals surface area contributed by atoms with Gasteiger partial charge in [-0.15, -0.1) is 0 Å². The quantitative estimate of drug-likeness (QED) is 0.784. The van der Waals surface area contributed by atoms with Crippen LogP contribution in [0.15, 0.2) is 18.2 Å². The summed E-state index contributed by atoms with van der Waals surface area (Å²) >= 11 is 0. The van der Waals surface area contributed by atoms with Crippen LogP contribution < -0.4 is 10.6 Å². The molecule has 5 nitrogen and oxygen atoms in total. The number of aryl methyl sites for hydroxylation is 1. The molecule has 6 heteroatoms. The molecule has 0 saturated carbocycles. The third-order valence-corrected chi connectivity index (χ3v) is 2.80. The van der Waals surface area contributed by atoms with E-state index in [1.807, 2.05) is 0 Å². The van der Waals surface area contributed by atoms with Crippen LogP contribution in [0.1, 0.15) is 19.4 Å². The number of amides is 2. The highest BCUT2D eigenvalue weighted by Crippen LogP contribution is 2.13. The summed E-state index contributed by atoms with van der Waals surface area (Å²) < 4.78 is 13.1. The average molecular weight is 268 g/mol. The first-order chi connectivity index (χ1) is 8.79. The fourth-order valence-electron chi connectivity index (χ4n) is 1.52. The number of urea groups is 1. The Morgan fingerprint density at radius 3 is 2.42 bits per heavy atom. The maximum absolute atomic E-state index is 13.1. The molecule has 2 unspecified atom stereocenters. The first kappa shape index (κ1) is 14.9. The van der Waals surface area contributed by atoms with Crippen molar-refractivity contribution in [3.63, 3.8) is 0 Å². The lowest BCUT2D eigenvalue weighted by molar-refractivity contribution is -0.141. The van der Waals surface area contributed by atoms with E-state index >= 15 is 0 Å². The Morgan fingerprint density at radius 1 is 1.26 bits per heavy atom. The van der Waals surface area contributed by atoms with Gasteiger partial charge in [-0.05, 0) is 44.5 Å². The Kier molecular flexibility index (Phi) is 4.86. The second-order valence-corrected chi connectivity index (χ2v) is 4.53. The summed E-state index contributed by atoms with van der Waals surface area (Å²) in [6.07, 6.45) is 0. The molecule has 1 aromatic rings. The molecule has 19 heavy (non-hydrogen) atoms. The summed E-state index contributed by atoms with van der Waals surface area (Å²) in [6.45, 7) is 4.80. The first-order valence-electron chi connectivity index (χ1n) is 5.87. The molecule has 104 valence electrons. The highest BCUT2D eigenvalue weighted by molar-refractivity contribution is 5.89. The summed E-state index contributed by atoms with van der Waals surface area (Å²) in [4.78, 5) is 22.4. The van der Waals surface area contributed by atoms with Crippen molar-refractivity contribution in [2.24, 2.45) is 5.92 Å². The van der Waals surface area contributed by atoms with Crippen molar-refractivity contribution in [3.8, 4) is 0 Å². The molecule has 0 aliphatic heterocycles. The molecular formula is C13H17FN2O3. The first-order valence-corrected chi connectivity index (χ1v) is 5.87. The molecule has 1 rings (SSSR count). The van der Waals surface area contributed by atoms with E-state index in [1.165, 1.54) is 19.1 Å². The van der Waals surface area contributed by atoms with Crippen LogP contribution in [0.2, 0.25) is 0 Å². The largest absolute Gasteiger partial charge is 0.481 e. The van der Waals surface area contributed by atoms with Crippen LogP contribution in [0.5, 0.6) is 0 Å². The van der Waals surface area contributed by atoms with Crippen molar-refractivity contribution in [1.82, 2.24) is 5.32 Å². The zero-order chi connectivity index (χ0) is 14.6. The lowest BCUT2D eigenvalue weighted by Crippen LogP contribution is -2.42. The number of carboxylic acids is 1. The van der Waals surface area contributed by atoms with Gasteiger partial charge in [-0.2, -0.15) is 0 Å². The molecule has 0 aromatic heterocycles. The maximum Gasteiger partial charge on any atom is 0.319 e. The van der Waals surface area contributed by atoms with Crippen LogP contribution in [0.25, 0.3) is 0 Å². The number of carbonyl (C=O) groups is 2. The minimum Gasteiger partial charge on any atom is -0.481 e. The monoisotopic (exact) mass is 268 g/mol. The van der Waals surface area contributed by atoms with Gasteiger partial charge in [0.1, 0.15) is 5.82 Å². The van der Waals surface area contributed by atoms with Crippen LogP contribution in [-0.2, 0) is 4.79 Å². The molecule has 0 bridgehead atoms. The number of hydrogen-bond acceptors (Lipinski definition) is 2. The van der Waals surface area contributed by atoms with Crippen molar-refractivity contribution < 1.29 is 19.1 Å². The lowest BCUT2D eigenvalue weighted by atomic mass is 10.0. The minimum absolute atomic E-state index is 0.324. The SMILES string of the molecule is Cc1cc(F)cc(NC(=O)NC(C)C(C)C(=O)O)c1. The van der Waals surface area contributed by atoms with Crippen molar-refractivity contribution in [2.75, 3.05) is 5.32 Å². The number of hydrogen-bond donors (Lipinski definition) is 3. The highest BCUT2D eigenvalue weighted by Gasteiger charge is 2.20. The molecule has 0 spiro atoms. The van der Waals surface area contributed by atoms with E-state index < -0.39 is 29.8 Å². The summed E-state index contributed by atoms with van der Waals surface area (Å²) in [7, 11) is 0. The second kappa shape index (κ2) is 6.17. The summed E-state index contributed by atoms with van der Waals surface area (Å²) in [5.41, 5.74) is 1.01. The summed E-state index contributed by atoms with van der Waals surface area (Å²) in [6, 6.07) is 3.06. The van der Waals surface area contributed by atoms with Crippen LogP contribution in [0.3, 0.4) is 0 Å². The molecule has 1 aromatic carbocycles. The molecular weight excluding hydrogens is 251 g/mol. The fourth-order valence-corrected chi connectivity index (χ4v) is 1.52. The average Bonchev–Trinajstić information content (AvgIpc) is 2.25. The van der Waals surface area contributed by atoms with E-state index in [0.717, 1.165) is 0 Å². The van der Waals surface area contributed by atoms with Gasteiger partial charge in [0.25, 0.3) is 0 Å². The molecule has 2 atom stereocenters. The van der Waals surface area contributed by atoms with E-state index in [2.05, 4.69) is 10.6 Å². The third kappa shape index (κ3) is 4.57. The van der Waals surface area contributed by atoms with Gasteiger partial charge in [0.05, 0.1) is 5.92 Å². The maximum atomic E-state index is 13.1. The summed E-state index contributed by atoms with van der Waals surface area (Å²) in [5, 5.41) is 13.8. The van der Waals surface area contributed by atoms with Gasteiger partial charge in [-0.1, -0.05) is 0 Å². The van der Waals surface area contributed by atoms with Crippen molar-refractivity contribution in [3.05, 3.63) is 29.6 Å². The van der Waals surface area contributed by atoms with Gasteiger partial charge < -0.3 is 15.7 Å². The highest BCUT2D eigenvalue weighted by atomic mass is 19.1. The molecule has 0 fully saturated rings. The molecule has 0 heterocycles. The van der Waals surface area contributed by atoms with Gasteiger partial charge in [0.2, 0.25) is 0 Å². The topological polar surface area (TPSA) is 78.4 Å². The molecule has 2 amide bonds.